The van der Waals surface area contributed by atoms with Gasteiger partial charge in [0.05, 0.1) is 27.2 Å². The van der Waals surface area contributed by atoms with Gasteiger partial charge < -0.3 is 28.8 Å². The average Bonchev–Trinajstić information content (AvgIpc) is 3.41. The molecule has 1 unspecified atom stereocenters. The minimum Gasteiger partial charge on any atom is -0.496 e. The molecule has 10 nitrogen and oxygen atoms in total. The van der Waals surface area contributed by atoms with E-state index < -0.39 is 17.5 Å². The van der Waals surface area contributed by atoms with Gasteiger partial charge in [0.2, 0.25) is 11.4 Å². The fourth-order valence-corrected chi connectivity index (χ4v) is 4.29. The number of hydrogen-bond acceptors (Lipinski definition) is 9. The SMILES string of the molecule is COC(=O)C1=c2oc(=O)/c(=C\c3ccccc3OC)n2-c2oc(N)nc2C1c1ccccc1OC. The van der Waals surface area contributed by atoms with E-state index in [-0.39, 0.29) is 28.4 Å². The second kappa shape index (κ2) is 8.56. The molecule has 0 amide bonds. The number of para-hydroxylation sites is 2. The molecule has 2 N–H and O–H groups in total. The molecule has 3 heterocycles. The fraction of sp³-hybridized carbons (Fsp3) is 0.160. The van der Waals surface area contributed by atoms with Gasteiger partial charge in [0, 0.05) is 11.1 Å². The first-order chi connectivity index (χ1) is 17.0. The van der Waals surface area contributed by atoms with Crippen molar-refractivity contribution < 1.29 is 27.8 Å². The number of ether oxygens (including phenoxy) is 3. The maximum absolute atomic E-state index is 13.1. The Bertz CT molecular complexity index is 1630. The number of anilines is 1. The Morgan fingerprint density at radius 1 is 1.03 bits per heavy atom. The van der Waals surface area contributed by atoms with E-state index in [4.69, 9.17) is 28.8 Å². The zero-order valence-corrected chi connectivity index (χ0v) is 19.1. The Balaban J connectivity index is 1.93. The minimum absolute atomic E-state index is 0.0505. The van der Waals surface area contributed by atoms with Gasteiger partial charge in [0.15, 0.2) is 0 Å². The van der Waals surface area contributed by atoms with Crippen LogP contribution in [0.15, 0.2) is 62.2 Å². The van der Waals surface area contributed by atoms with Gasteiger partial charge in [-0.2, -0.15) is 4.98 Å². The highest BCUT2D eigenvalue weighted by molar-refractivity contribution is 6.12. The van der Waals surface area contributed by atoms with Crippen molar-refractivity contribution >= 4 is 23.6 Å². The highest BCUT2D eigenvalue weighted by atomic mass is 16.5. The van der Waals surface area contributed by atoms with Crippen LogP contribution >= 0.6 is 0 Å². The maximum atomic E-state index is 13.1. The van der Waals surface area contributed by atoms with Crippen LogP contribution in [0.3, 0.4) is 0 Å². The normalized spacial score (nSPS) is 14.9. The molecule has 35 heavy (non-hydrogen) atoms. The fourth-order valence-electron chi connectivity index (χ4n) is 4.29. The maximum Gasteiger partial charge on any atom is 0.362 e. The van der Waals surface area contributed by atoms with Gasteiger partial charge in [-0.1, -0.05) is 36.4 Å². The first-order valence-corrected chi connectivity index (χ1v) is 10.6. The third kappa shape index (κ3) is 3.46. The lowest BCUT2D eigenvalue weighted by atomic mass is 9.86. The average molecular weight is 475 g/mol. The number of carbonyl (C=O) groups excluding carboxylic acids is 1. The monoisotopic (exact) mass is 475 g/mol. The predicted molar refractivity (Wildman–Crippen MR) is 125 cm³/mol. The van der Waals surface area contributed by atoms with Crippen LogP contribution in [0.1, 0.15) is 22.7 Å². The van der Waals surface area contributed by atoms with Crippen LogP contribution in [0.4, 0.5) is 6.01 Å². The first kappa shape index (κ1) is 22.1. The third-order valence-corrected chi connectivity index (χ3v) is 5.78. The van der Waals surface area contributed by atoms with Crippen LogP contribution < -0.4 is 31.7 Å². The molecule has 5 rings (SSSR count). The highest BCUT2D eigenvalue weighted by Gasteiger charge is 2.40. The Morgan fingerprint density at radius 3 is 2.43 bits per heavy atom. The second-order valence-electron chi connectivity index (χ2n) is 7.62. The van der Waals surface area contributed by atoms with Crippen molar-refractivity contribution in [3.8, 4) is 17.4 Å². The summed E-state index contributed by atoms with van der Waals surface area (Å²) in [5.74, 6) is -0.360. The standard InChI is InChI=1S/C25H21N3O7/c1-31-16-10-6-4-8-13(16)12-15-23(29)34-21-19(24(30)33-3)18(14-9-5-7-11-17(14)32-2)20-22(28(15)21)35-25(26)27-20/h4-12,18H,1-3H3,(H2,26,27)/b15-12+. The Hall–Kier alpha value is -4.73. The Kier molecular flexibility index (Phi) is 5.40. The lowest BCUT2D eigenvalue weighted by molar-refractivity contribution is -0.134. The second-order valence-corrected chi connectivity index (χ2v) is 7.62. The van der Waals surface area contributed by atoms with Crippen LogP contribution in [-0.4, -0.2) is 36.8 Å². The van der Waals surface area contributed by atoms with Crippen LogP contribution in [0.25, 0.3) is 17.5 Å². The Morgan fingerprint density at radius 2 is 1.71 bits per heavy atom. The minimum atomic E-state index is -0.834. The molecule has 0 bridgehead atoms. The van der Waals surface area contributed by atoms with E-state index in [1.165, 1.54) is 25.9 Å². The van der Waals surface area contributed by atoms with Crippen molar-refractivity contribution in [2.24, 2.45) is 0 Å². The quantitative estimate of drug-likeness (QED) is 0.424. The number of fused-ring (bicyclic) bond motifs is 3. The molecule has 1 atom stereocenters. The number of hydrogen-bond donors (Lipinski definition) is 1. The van der Waals surface area contributed by atoms with Crippen LogP contribution in [0.5, 0.6) is 11.5 Å². The largest absolute Gasteiger partial charge is 0.496 e. The van der Waals surface area contributed by atoms with Crippen molar-refractivity contribution in [2.75, 3.05) is 27.1 Å². The van der Waals surface area contributed by atoms with E-state index in [2.05, 4.69) is 4.98 Å². The molecule has 1 aliphatic heterocycles. The number of carbonyl (C=O) groups is 1. The molecule has 10 heteroatoms. The summed E-state index contributed by atoms with van der Waals surface area (Å²) in [4.78, 5) is 30.6. The first-order valence-electron chi connectivity index (χ1n) is 10.6. The third-order valence-electron chi connectivity index (χ3n) is 5.78. The molecule has 178 valence electrons. The number of nitrogen functional groups attached to an aromatic ring is 1. The summed E-state index contributed by atoms with van der Waals surface area (Å²) in [6.45, 7) is 0. The van der Waals surface area contributed by atoms with Crippen LogP contribution in [0, 0.1) is 0 Å². The number of methoxy groups -OCH3 is 3. The molecule has 4 aromatic rings. The van der Waals surface area contributed by atoms with Crippen molar-refractivity contribution in [1.82, 2.24) is 9.55 Å². The molecular formula is C25H21N3O7. The number of aromatic nitrogens is 2. The predicted octanol–water partition coefficient (Wildman–Crippen LogP) is 1.32. The van der Waals surface area contributed by atoms with Crippen LogP contribution in [-0.2, 0) is 9.53 Å². The number of oxazole rings is 2. The Labute approximate surface area is 198 Å². The molecule has 2 aromatic heterocycles. The molecule has 2 aromatic carbocycles. The molecule has 0 saturated heterocycles. The highest BCUT2D eigenvalue weighted by Crippen LogP contribution is 2.41. The molecule has 0 radical (unpaired) electrons. The summed E-state index contributed by atoms with van der Waals surface area (Å²) in [6.07, 6.45) is 1.58. The summed E-state index contributed by atoms with van der Waals surface area (Å²) in [7, 11) is 4.29. The number of esters is 1. The molecule has 0 fully saturated rings. The van der Waals surface area contributed by atoms with Crippen LogP contribution in [0.2, 0.25) is 0 Å². The molecule has 0 saturated carbocycles. The van der Waals surface area contributed by atoms with E-state index >= 15 is 0 Å². The van der Waals surface area contributed by atoms with Crippen molar-refractivity contribution in [3.05, 3.63) is 86.7 Å². The van der Waals surface area contributed by atoms with E-state index in [0.717, 1.165) is 0 Å². The molecule has 0 aliphatic carbocycles. The smallest absolute Gasteiger partial charge is 0.362 e. The van der Waals surface area contributed by atoms with Gasteiger partial charge in [-0.3, -0.25) is 0 Å². The van der Waals surface area contributed by atoms with Crippen molar-refractivity contribution in [2.45, 2.75) is 5.92 Å². The molecular weight excluding hydrogens is 454 g/mol. The summed E-state index contributed by atoms with van der Waals surface area (Å²) < 4.78 is 28.8. The van der Waals surface area contributed by atoms with Gasteiger partial charge in [0.1, 0.15) is 28.1 Å². The topological polar surface area (TPSA) is 132 Å². The van der Waals surface area contributed by atoms with E-state index in [1.54, 1.807) is 48.5 Å². The van der Waals surface area contributed by atoms with E-state index in [9.17, 15) is 9.59 Å². The summed E-state index contributed by atoms with van der Waals surface area (Å²) in [5, 5.41) is 0.0850. The zero-order chi connectivity index (χ0) is 24.7. The van der Waals surface area contributed by atoms with Gasteiger partial charge >= 0.3 is 11.6 Å². The number of nitrogens with zero attached hydrogens (tertiary/aromatic N) is 2. The van der Waals surface area contributed by atoms with Crippen molar-refractivity contribution in [3.63, 3.8) is 0 Å². The van der Waals surface area contributed by atoms with Gasteiger partial charge in [-0.15, -0.1) is 0 Å². The zero-order valence-electron chi connectivity index (χ0n) is 19.1. The van der Waals surface area contributed by atoms with Crippen molar-refractivity contribution in [1.29, 1.82) is 0 Å². The summed E-state index contributed by atoms with van der Waals surface area (Å²) in [5.41, 5.74) is 6.76. The van der Waals surface area contributed by atoms with Gasteiger partial charge in [-0.25, -0.2) is 14.2 Å². The molecule has 0 spiro atoms. The number of benzene rings is 2. The number of nitrogens with two attached hydrogens (primary N) is 1. The number of rotatable bonds is 5. The summed E-state index contributed by atoms with van der Waals surface area (Å²) >= 11 is 0. The lowest BCUT2D eigenvalue weighted by Crippen LogP contribution is -2.37. The van der Waals surface area contributed by atoms with Gasteiger partial charge in [-0.05, 0) is 18.2 Å². The molecule has 1 aliphatic rings. The summed E-state index contributed by atoms with van der Waals surface area (Å²) in [6, 6.07) is 14.1. The van der Waals surface area contributed by atoms with E-state index in [1.807, 2.05) is 6.07 Å². The van der Waals surface area contributed by atoms with Gasteiger partial charge in [0.25, 0.3) is 6.01 Å². The van der Waals surface area contributed by atoms with E-state index in [0.29, 0.717) is 28.3 Å². The lowest BCUT2D eigenvalue weighted by Gasteiger charge is -2.23.